The van der Waals surface area contributed by atoms with E-state index in [1.54, 1.807) is 6.08 Å². The number of benzene rings is 1. The molecule has 3 heteroatoms. The van der Waals surface area contributed by atoms with E-state index < -0.39 is 0 Å². The minimum absolute atomic E-state index is 0.595. The van der Waals surface area contributed by atoms with Crippen molar-refractivity contribution < 1.29 is 4.74 Å². The molecule has 1 aromatic rings. The molecule has 0 amide bonds. The van der Waals surface area contributed by atoms with E-state index in [2.05, 4.69) is 51.2 Å². The van der Waals surface area contributed by atoms with E-state index in [0.717, 1.165) is 4.47 Å². The zero-order valence-electron chi connectivity index (χ0n) is 7.09. The van der Waals surface area contributed by atoms with Crippen LogP contribution in [0.4, 0.5) is 0 Å². The van der Waals surface area contributed by atoms with Gasteiger partial charge in [0.2, 0.25) is 0 Å². The maximum atomic E-state index is 5.38. The lowest BCUT2D eigenvalue weighted by atomic mass is 10.2. The summed E-state index contributed by atoms with van der Waals surface area (Å²) in [6, 6.07) is 6.11. The Balaban J connectivity index is 2.69. The molecule has 0 heterocycles. The normalized spacial score (nSPS) is 10.0. The number of halogens is 2. The molecular formula is C10H10BrIO. The van der Waals surface area contributed by atoms with Crippen LogP contribution < -0.4 is 0 Å². The molecule has 1 aromatic carbocycles. The topological polar surface area (TPSA) is 9.23 Å². The lowest BCUT2D eigenvalue weighted by Gasteiger charge is -2.06. The van der Waals surface area contributed by atoms with Crippen molar-refractivity contribution in [3.63, 3.8) is 0 Å². The van der Waals surface area contributed by atoms with Gasteiger partial charge in [-0.25, -0.2) is 0 Å². The van der Waals surface area contributed by atoms with Gasteiger partial charge in [-0.3, -0.25) is 0 Å². The van der Waals surface area contributed by atoms with Gasteiger partial charge in [0.25, 0.3) is 0 Å². The van der Waals surface area contributed by atoms with Gasteiger partial charge in [-0.1, -0.05) is 28.1 Å². The third kappa shape index (κ3) is 3.40. The Labute approximate surface area is 100 Å². The Hall–Kier alpha value is 0.130. The highest BCUT2D eigenvalue weighted by molar-refractivity contribution is 14.1. The van der Waals surface area contributed by atoms with Crippen LogP contribution in [-0.4, -0.2) is 6.61 Å². The van der Waals surface area contributed by atoms with Crippen molar-refractivity contribution in [2.75, 3.05) is 6.61 Å². The van der Waals surface area contributed by atoms with E-state index in [4.69, 9.17) is 4.74 Å². The van der Waals surface area contributed by atoms with Crippen molar-refractivity contribution in [2.45, 2.75) is 6.61 Å². The summed E-state index contributed by atoms with van der Waals surface area (Å²) in [4.78, 5) is 0. The number of hydrogen-bond acceptors (Lipinski definition) is 1. The first-order valence-electron chi connectivity index (χ1n) is 3.87. The Bertz CT molecular complexity index is 279. The number of rotatable bonds is 4. The summed E-state index contributed by atoms with van der Waals surface area (Å²) in [6.07, 6.45) is 1.75. The minimum atomic E-state index is 0.595. The lowest BCUT2D eigenvalue weighted by Crippen LogP contribution is -1.96. The Morgan fingerprint density at radius 2 is 2.31 bits per heavy atom. The molecule has 13 heavy (non-hydrogen) atoms. The predicted octanol–water partition coefficient (Wildman–Crippen LogP) is 3.76. The van der Waals surface area contributed by atoms with Crippen molar-refractivity contribution in [1.29, 1.82) is 0 Å². The van der Waals surface area contributed by atoms with Gasteiger partial charge in [0.05, 0.1) is 13.2 Å². The van der Waals surface area contributed by atoms with E-state index in [1.807, 2.05) is 12.1 Å². The molecule has 0 unspecified atom stereocenters. The first-order chi connectivity index (χ1) is 6.25. The Kier molecular flexibility index (Phi) is 4.98. The molecule has 0 saturated carbocycles. The zero-order chi connectivity index (χ0) is 9.68. The van der Waals surface area contributed by atoms with Crippen molar-refractivity contribution in [2.24, 2.45) is 0 Å². The van der Waals surface area contributed by atoms with Crippen LogP contribution >= 0.6 is 38.5 Å². The highest BCUT2D eigenvalue weighted by atomic mass is 127. The fraction of sp³-hybridized carbons (Fsp3) is 0.200. The Morgan fingerprint density at radius 3 is 2.92 bits per heavy atom. The lowest BCUT2D eigenvalue weighted by molar-refractivity contribution is 0.148. The second-order valence-electron chi connectivity index (χ2n) is 2.50. The number of hydrogen-bond donors (Lipinski definition) is 0. The van der Waals surface area contributed by atoms with Gasteiger partial charge in [0, 0.05) is 13.6 Å². The van der Waals surface area contributed by atoms with Gasteiger partial charge < -0.3 is 4.74 Å². The Morgan fingerprint density at radius 1 is 1.54 bits per heavy atom. The molecule has 0 aliphatic heterocycles. The highest BCUT2D eigenvalue weighted by Crippen LogP contribution is 2.22. The van der Waals surface area contributed by atoms with E-state index in [-0.39, 0.29) is 0 Å². The van der Waals surface area contributed by atoms with Gasteiger partial charge in [-0.2, -0.15) is 0 Å². The molecule has 1 rings (SSSR count). The summed E-state index contributed by atoms with van der Waals surface area (Å²) in [5, 5.41) is 0. The molecule has 0 aliphatic rings. The van der Waals surface area contributed by atoms with Crippen molar-refractivity contribution in [3.05, 3.63) is 44.5 Å². The summed E-state index contributed by atoms with van der Waals surface area (Å²) in [5.41, 5.74) is 1.20. The average Bonchev–Trinajstić information content (AvgIpc) is 2.10. The van der Waals surface area contributed by atoms with Crippen LogP contribution in [-0.2, 0) is 11.3 Å². The summed E-state index contributed by atoms with van der Waals surface area (Å²) >= 11 is 5.79. The molecule has 0 saturated heterocycles. The maximum absolute atomic E-state index is 5.38. The molecule has 0 fully saturated rings. The van der Waals surface area contributed by atoms with Crippen LogP contribution in [0.25, 0.3) is 0 Å². The third-order valence-electron chi connectivity index (χ3n) is 1.54. The van der Waals surface area contributed by atoms with Crippen molar-refractivity contribution in [3.8, 4) is 0 Å². The van der Waals surface area contributed by atoms with Crippen molar-refractivity contribution in [1.82, 2.24) is 0 Å². The van der Waals surface area contributed by atoms with Gasteiger partial charge in [-0.05, 0) is 34.7 Å². The minimum Gasteiger partial charge on any atom is -0.373 e. The average molecular weight is 353 g/mol. The molecule has 1 nitrogen and oxygen atoms in total. The van der Waals surface area contributed by atoms with E-state index in [0.29, 0.717) is 13.2 Å². The first kappa shape index (κ1) is 11.2. The smallest absolute Gasteiger partial charge is 0.0742 e. The van der Waals surface area contributed by atoms with Gasteiger partial charge in [-0.15, -0.1) is 6.58 Å². The molecule has 70 valence electrons. The fourth-order valence-electron chi connectivity index (χ4n) is 0.915. The van der Waals surface area contributed by atoms with E-state index in [1.165, 1.54) is 9.13 Å². The summed E-state index contributed by atoms with van der Waals surface area (Å²) in [5.74, 6) is 0. The standard InChI is InChI=1S/C10H10BrIO/c1-2-6-13-7-8-9(11)4-3-5-10(8)12/h2-5H,1,6-7H2. The number of ether oxygens (including phenoxy) is 1. The molecule has 0 spiro atoms. The van der Waals surface area contributed by atoms with Crippen LogP contribution in [0, 0.1) is 3.57 Å². The van der Waals surface area contributed by atoms with Gasteiger partial charge in [0.1, 0.15) is 0 Å². The molecule has 0 atom stereocenters. The second-order valence-corrected chi connectivity index (χ2v) is 4.52. The van der Waals surface area contributed by atoms with Crippen LogP contribution in [0.3, 0.4) is 0 Å². The summed E-state index contributed by atoms with van der Waals surface area (Å²) in [7, 11) is 0. The van der Waals surface area contributed by atoms with E-state index in [9.17, 15) is 0 Å². The van der Waals surface area contributed by atoms with Gasteiger partial charge >= 0.3 is 0 Å². The van der Waals surface area contributed by atoms with Crippen LogP contribution in [0.2, 0.25) is 0 Å². The monoisotopic (exact) mass is 352 g/mol. The zero-order valence-corrected chi connectivity index (χ0v) is 10.8. The summed E-state index contributed by atoms with van der Waals surface area (Å²) < 4.78 is 7.70. The van der Waals surface area contributed by atoms with Crippen molar-refractivity contribution >= 4 is 38.5 Å². The second kappa shape index (κ2) is 5.78. The van der Waals surface area contributed by atoms with Crippen LogP contribution in [0.15, 0.2) is 35.3 Å². The SMILES string of the molecule is C=CCOCc1c(Br)cccc1I. The first-order valence-corrected chi connectivity index (χ1v) is 5.74. The highest BCUT2D eigenvalue weighted by Gasteiger charge is 2.03. The van der Waals surface area contributed by atoms with Gasteiger partial charge in [0.15, 0.2) is 0 Å². The summed E-state index contributed by atoms with van der Waals surface area (Å²) in [6.45, 7) is 4.82. The largest absolute Gasteiger partial charge is 0.373 e. The maximum Gasteiger partial charge on any atom is 0.0742 e. The molecule has 0 radical (unpaired) electrons. The quantitative estimate of drug-likeness (QED) is 0.455. The van der Waals surface area contributed by atoms with Crippen LogP contribution in [0.5, 0.6) is 0 Å². The molecule has 0 bridgehead atoms. The molecule has 0 aromatic heterocycles. The van der Waals surface area contributed by atoms with Crippen LogP contribution in [0.1, 0.15) is 5.56 Å². The molecule has 0 N–H and O–H groups in total. The van der Waals surface area contributed by atoms with E-state index >= 15 is 0 Å². The third-order valence-corrected chi connectivity index (χ3v) is 3.30. The fourth-order valence-corrected chi connectivity index (χ4v) is 2.42. The molecular weight excluding hydrogens is 343 g/mol. The predicted molar refractivity (Wildman–Crippen MR) is 66.7 cm³/mol. The molecule has 0 aliphatic carbocycles.